The third-order valence-electron chi connectivity index (χ3n) is 2.68. The number of rotatable bonds is 3. The second-order valence-electron chi connectivity index (χ2n) is 3.94. The van der Waals surface area contributed by atoms with Gasteiger partial charge in [-0.25, -0.2) is 0 Å². The van der Waals surface area contributed by atoms with Gasteiger partial charge in [0.05, 0.1) is 6.04 Å². The van der Waals surface area contributed by atoms with E-state index in [1.54, 1.807) is 0 Å². The molecule has 1 unspecified atom stereocenters. The summed E-state index contributed by atoms with van der Waals surface area (Å²) in [6.07, 6.45) is 5.04. The van der Waals surface area contributed by atoms with Crippen LogP contribution in [0, 0.1) is 5.92 Å². The largest absolute Gasteiger partial charge is 0.313 e. The second-order valence-corrected chi connectivity index (χ2v) is 3.94. The minimum absolute atomic E-state index is 0.0440. The summed E-state index contributed by atoms with van der Waals surface area (Å²) < 4.78 is 0. The molecule has 2 atom stereocenters. The summed E-state index contributed by atoms with van der Waals surface area (Å²) in [7, 11) is 0. The first kappa shape index (κ1) is 8.20. The first-order valence-electron chi connectivity index (χ1n) is 4.80. The lowest BCUT2D eigenvalue weighted by Crippen LogP contribution is -2.55. The van der Waals surface area contributed by atoms with Crippen LogP contribution < -0.4 is 10.6 Å². The summed E-state index contributed by atoms with van der Waals surface area (Å²) in [6.45, 7) is 1.82. The number of piperazine rings is 1. The summed E-state index contributed by atoms with van der Waals surface area (Å²) in [4.78, 5) is 10.5. The van der Waals surface area contributed by atoms with Crippen LogP contribution in [0.1, 0.15) is 19.3 Å². The van der Waals surface area contributed by atoms with E-state index in [-0.39, 0.29) is 6.04 Å². The van der Waals surface area contributed by atoms with Gasteiger partial charge in [-0.1, -0.05) is 12.8 Å². The highest BCUT2D eigenvalue weighted by Crippen LogP contribution is 2.33. The molecule has 3 heteroatoms. The molecule has 1 saturated carbocycles. The topological polar surface area (TPSA) is 41.1 Å². The molecule has 2 rings (SSSR count). The van der Waals surface area contributed by atoms with Crippen LogP contribution in [0.4, 0.5) is 0 Å². The van der Waals surface area contributed by atoms with Crippen molar-refractivity contribution >= 4 is 6.29 Å². The van der Waals surface area contributed by atoms with E-state index in [9.17, 15) is 4.79 Å². The van der Waals surface area contributed by atoms with E-state index in [2.05, 4.69) is 10.6 Å². The Morgan fingerprint density at radius 1 is 1.33 bits per heavy atom. The lowest BCUT2D eigenvalue weighted by atomic mass is 10.1. The lowest BCUT2D eigenvalue weighted by molar-refractivity contribution is -0.110. The van der Waals surface area contributed by atoms with Crippen LogP contribution in [0.15, 0.2) is 0 Å². The summed E-state index contributed by atoms with van der Waals surface area (Å²) in [6, 6.07) is 0.573. The zero-order chi connectivity index (χ0) is 8.39. The summed E-state index contributed by atoms with van der Waals surface area (Å²) in [5.74, 6) is 0.940. The van der Waals surface area contributed by atoms with Gasteiger partial charge >= 0.3 is 0 Å². The van der Waals surface area contributed by atoms with Crippen molar-refractivity contribution in [3.05, 3.63) is 0 Å². The van der Waals surface area contributed by atoms with E-state index < -0.39 is 0 Å². The van der Waals surface area contributed by atoms with Gasteiger partial charge in [0.15, 0.2) is 0 Å². The van der Waals surface area contributed by atoms with E-state index in [4.69, 9.17) is 0 Å². The number of aldehydes is 1. The van der Waals surface area contributed by atoms with Crippen LogP contribution in [0.3, 0.4) is 0 Å². The minimum atomic E-state index is 0.0440. The van der Waals surface area contributed by atoms with Crippen molar-refractivity contribution in [2.75, 3.05) is 13.1 Å². The number of nitrogens with one attached hydrogen (secondary N) is 2. The van der Waals surface area contributed by atoms with Crippen LogP contribution in [0.25, 0.3) is 0 Å². The third kappa shape index (κ3) is 2.05. The number of carbonyl (C=O) groups is 1. The molecule has 1 heterocycles. The average molecular weight is 168 g/mol. The molecule has 1 aliphatic carbocycles. The van der Waals surface area contributed by atoms with Crippen molar-refractivity contribution in [3.8, 4) is 0 Å². The molecule has 68 valence electrons. The maximum absolute atomic E-state index is 10.5. The molecule has 2 N–H and O–H groups in total. The van der Waals surface area contributed by atoms with Gasteiger partial charge in [0.1, 0.15) is 6.29 Å². The van der Waals surface area contributed by atoms with Gasteiger partial charge in [-0.15, -0.1) is 0 Å². The van der Waals surface area contributed by atoms with Crippen molar-refractivity contribution < 1.29 is 4.79 Å². The van der Waals surface area contributed by atoms with E-state index in [1.165, 1.54) is 19.3 Å². The molecule has 0 aromatic carbocycles. The van der Waals surface area contributed by atoms with Crippen LogP contribution >= 0.6 is 0 Å². The zero-order valence-corrected chi connectivity index (χ0v) is 7.25. The van der Waals surface area contributed by atoms with Gasteiger partial charge in [-0.05, 0) is 12.3 Å². The average Bonchev–Trinajstić information content (AvgIpc) is 2.89. The monoisotopic (exact) mass is 168 g/mol. The Kier molecular flexibility index (Phi) is 2.42. The molecule has 2 aliphatic rings. The predicted octanol–water partition coefficient (Wildman–Crippen LogP) is -0.0846. The quantitative estimate of drug-likeness (QED) is 0.579. The van der Waals surface area contributed by atoms with Crippen LogP contribution in [0.2, 0.25) is 0 Å². The maximum atomic E-state index is 10.5. The molecule has 2 fully saturated rings. The van der Waals surface area contributed by atoms with Crippen LogP contribution in [-0.4, -0.2) is 31.5 Å². The Labute approximate surface area is 72.9 Å². The van der Waals surface area contributed by atoms with E-state index >= 15 is 0 Å². The Morgan fingerprint density at radius 2 is 2.17 bits per heavy atom. The number of hydrogen-bond acceptors (Lipinski definition) is 3. The zero-order valence-electron chi connectivity index (χ0n) is 7.25. The Bertz CT molecular complexity index is 168. The van der Waals surface area contributed by atoms with Crippen LogP contribution in [0.5, 0.6) is 0 Å². The fourth-order valence-corrected chi connectivity index (χ4v) is 1.83. The minimum Gasteiger partial charge on any atom is -0.313 e. The predicted molar refractivity (Wildman–Crippen MR) is 47.0 cm³/mol. The van der Waals surface area contributed by atoms with Gasteiger partial charge in [-0.2, -0.15) is 0 Å². The first-order chi connectivity index (χ1) is 5.88. The van der Waals surface area contributed by atoms with Gasteiger partial charge < -0.3 is 15.4 Å². The van der Waals surface area contributed by atoms with Crippen molar-refractivity contribution in [2.24, 2.45) is 5.92 Å². The Morgan fingerprint density at radius 3 is 2.83 bits per heavy atom. The van der Waals surface area contributed by atoms with Gasteiger partial charge in [0.2, 0.25) is 0 Å². The summed E-state index contributed by atoms with van der Waals surface area (Å²) in [5.41, 5.74) is 0. The Hall–Kier alpha value is -0.410. The van der Waals surface area contributed by atoms with E-state index in [1.807, 2.05) is 0 Å². The third-order valence-corrected chi connectivity index (χ3v) is 2.68. The fourth-order valence-electron chi connectivity index (χ4n) is 1.83. The molecule has 0 aromatic rings. The fraction of sp³-hybridized carbons (Fsp3) is 0.889. The van der Waals surface area contributed by atoms with Crippen LogP contribution in [-0.2, 0) is 4.79 Å². The maximum Gasteiger partial charge on any atom is 0.138 e. The molecular formula is C9H16N2O. The molecule has 0 aromatic heterocycles. The van der Waals surface area contributed by atoms with Crippen molar-refractivity contribution in [1.29, 1.82) is 0 Å². The standard InChI is InChI=1S/C9H16N2O/c12-6-9-5-10-4-8(11-9)3-7-1-2-7/h6-11H,1-5H2/t8-,9?/m1/s1. The Balaban J connectivity index is 1.76. The number of carbonyl (C=O) groups excluding carboxylic acids is 1. The molecule has 12 heavy (non-hydrogen) atoms. The molecule has 0 amide bonds. The molecular weight excluding hydrogens is 152 g/mol. The highest BCUT2D eigenvalue weighted by Gasteiger charge is 2.28. The highest BCUT2D eigenvalue weighted by molar-refractivity contribution is 5.58. The van der Waals surface area contributed by atoms with E-state index in [0.29, 0.717) is 6.04 Å². The molecule has 0 radical (unpaired) electrons. The molecule has 3 nitrogen and oxygen atoms in total. The van der Waals surface area contributed by atoms with Gasteiger partial charge in [0, 0.05) is 19.1 Å². The normalized spacial score (nSPS) is 36.3. The number of hydrogen-bond donors (Lipinski definition) is 2. The summed E-state index contributed by atoms with van der Waals surface area (Å²) in [5, 5.41) is 6.62. The van der Waals surface area contributed by atoms with Gasteiger partial charge in [-0.3, -0.25) is 0 Å². The molecule has 0 spiro atoms. The van der Waals surface area contributed by atoms with Gasteiger partial charge in [0.25, 0.3) is 0 Å². The SMILES string of the molecule is O=CC1CNC[C@@H](CC2CC2)N1. The highest BCUT2D eigenvalue weighted by atomic mass is 16.1. The second kappa shape index (κ2) is 3.54. The lowest BCUT2D eigenvalue weighted by Gasteiger charge is -2.28. The van der Waals surface area contributed by atoms with Crippen molar-refractivity contribution in [3.63, 3.8) is 0 Å². The molecule has 0 bridgehead atoms. The summed E-state index contributed by atoms with van der Waals surface area (Å²) >= 11 is 0. The van der Waals surface area contributed by atoms with Crippen molar-refractivity contribution in [1.82, 2.24) is 10.6 Å². The first-order valence-corrected chi connectivity index (χ1v) is 4.80. The smallest absolute Gasteiger partial charge is 0.138 e. The van der Waals surface area contributed by atoms with E-state index in [0.717, 1.165) is 25.3 Å². The molecule has 1 saturated heterocycles. The van der Waals surface area contributed by atoms with Crippen molar-refractivity contribution in [2.45, 2.75) is 31.3 Å². The molecule has 1 aliphatic heterocycles.